The molecular weight excluding hydrogens is 269 g/mol. The standard InChI is InChI=1S/C13H18FNO3S/c1-9(11-3-5-12(14)6-4-11)15-13(17)10(2)19(18)8-7-16/h3-6,9-10,16H,7-8H2,1-2H3,(H,15,17)/t9-,10-,19-/m0/s1. The van der Waals surface area contributed by atoms with Crippen molar-refractivity contribution in [3.63, 3.8) is 0 Å². The molecule has 1 amide bonds. The molecule has 0 bridgehead atoms. The Morgan fingerprint density at radius 2 is 1.95 bits per heavy atom. The van der Waals surface area contributed by atoms with E-state index in [1.807, 2.05) is 0 Å². The second-order valence-electron chi connectivity index (χ2n) is 4.23. The Kier molecular flexibility index (Phi) is 6.11. The highest BCUT2D eigenvalue weighted by Crippen LogP contribution is 2.13. The lowest BCUT2D eigenvalue weighted by atomic mass is 10.1. The minimum absolute atomic E-state index is 0.0829. The number of amides is 1. The van der Waals surface area contributed by atoms with Crippen LogP contribution >= 0.6 is 0 Å². The molecule has 0 saturated carbocycles. The third-order valence-electron chi connectivity index (χ3n) is 2.78. The highest BCUT2D eigenvalue weighted by molar-refractivity contribution is 7.86. The maximum Gasteiger partial charge on any atom is 0.235 e. The number of halogens is 1. The molecule has 0 unspecified atom stereocenters. The summed E-state index contributed by atoms with van der Waals surface area (Å²) in [6.07, 6.45) is 0. The Morgan fingerprint density at radius 1 is 1.37 bits per heavy atom. The monoisotopic (exact) mass is 287 g/mol. The van der Waals surface area contributed by atoms with Gasteiger partial charge in [-0.3, -0.25) is 9.00 Å². The third kappa shape index (κ3) is 4.72. The van der Waals surface area contributed by atoms with E-state index in [9.17, 15) is 13.4 Å². The number of carbonyl (C=O) groups is 1. The summed E-state index contributed by atoms with van der Waals surface area (Å²) in [4.78, 5) is 11.9. The van der Waals surface area contributed by atoms with E-state index in [4.69, 9.17) is 5.11 Å². The molecular formula is C13H18FNO3S. The Balaban J connectivity index is 2.61. The minimum atomic E-state index is -1.39. The summed E-state index contributed by atoms with van der Waals surface area (Å²) in [5, 5.41) is 10.7. The van der Waals surface area contributed by atoms with Crippen molar-refractivity contribution >= 4 is 16.7 Å². The van der Waals surface area contributed by atoms with Gasteiger partial charge < -0.3 is 10.4 Å². The number of aliphatic hydroxyl groups excluding tert-OH is 1. The van der Waals surface area contributed by atoms with Gasteiger partial charge in [-0.15, -0.1) is 0 Å². The predicted molar refractivity (Wildman–Crippen MR) is 72.5 cm³/mol. The van der Waals surface area contributed by atoms with E-state index in [2.05, 4.69) is 5.32 Å². The molecule has 106 valence electrons. The number of benzene rings is 1. The molecule has 1 aromatic rings. The molecule has 0 aliphatic carbocycles. The topological polar surface area (TPSA) is 66.4 Å². The molecule has 0 saturated heterocycles. The molecule has 6 heteroatoms. The van der Waals surface area contributed by atoms with Crippen LogP contribution in [0.5, 0.6) is 0 Å². The SMILES string of the molecule is C[C@H](NC(=O)[C@H](C)[S@@](=O)CCO)c1ccc(F)cc1. The van der Waals surface area contributed by atoms with Crippen LogP contribution in [0.2, 0.25) is 0 Å². The predicted octanol–water partition coefficient (Wildman–Crippen LogP) is 1.13. The molecule has 0 aromatic heterocycles. The first-order chi connectivity index (χ1) is 8.95. The Hall–Kier alpha value is -1.27. The van der Waals surface area contributed by atoms with E-state index >= 15 is 0 Å². The van der Waals surface area contributed by atoms with Gasteiger partial charge in [-0.2, -0.15) is 0 Å². The van der Waals surface area contributed by atoms with Crippen molar-refractivity contribution in [1.82, 2.24) is 5.32 Å². The molecule has 0 fully saturated rings. The summed E-state index contributed by atoms with van der Waals surface area (Å²) in [5.74, 6) is -0.595. The van der Waals surface area contributed by atoms with Gasteiger partial charge in [0.1, 0.15) is 11.1 Å². The Bertz CT molecular complexity index is 450. The minimum Gasteiger partial charge on any atom is -0.395 e. The molecule has 2 N–H and O–H groups in total. The van der Waals surface area contributed by atoms with Crippen LogP contribution in [0, 0.1) is 5.82 Å². The fourth-order valence-corrected chi connectivity index (χ4v) is 2.39. The summed E-state index contributed by atoms with van der Waals surface area (Å²) in [6.45, 7) is 3.11. The van der Waals surface area contributed by atoms with Crippen molar-refractivity contribution < 1.29 is 18.5 Å². The number of nitrogens with one attached hydrogen (secondary N) is 1. The van der Waals surface area contributed by atoms with Gasteiger partial charge in [0, 0.05) is 16.6 Å². The maximum atomic E-state index is 12.8. The van der Waals surface area contributed by atoms with Gasteiger partial charge >= 0.3 is 0 Å². The summed E-state index contributed by atoms with van der Waals surface area (Å²) in [7, 11) is -1.39. The van der Waals surface area contributed by atoms with Crippen LogP contribution in [-0.4, -0.2) is 32.8 Å². The van der Waals surface area contributed by atoms with Crippen LogP contribution < -0.4 is 5.32 Å². The van der Waals surface area contributed by atoms with E-state index in [0.717, 1.165) is 5.56 Å². The van der Waals surface area contributed by atoms with E-state index in [0.29, 0.717) is 0 Å². The van der Waals surface area contributed by atoms with Gasteiger partial charge in [0.15, 0.2) is 0 Å². The largest absolute Gasteiger partial charge is 0.395 e. The van der Waals surface area contributed by atoms with Gasteiger partial charge in [-0.05, 0) is 31.5 Å². The average molecular weight is 287 g/mol. The van der Waals surface area contributed by atoms with Crippen molar-refractivity contribution in [3.05, 3.63) is 35.6 Å². The second kappa shape index (κ2) is 7.35. The molecule has 0 radical (unpaired) electrons. The fraction of sp³-hybridized carbons (Fsp3) is 0.462. The Morgan fingerprint density at radius 3 is 2.47 bits per heavy atom. The molecule has 0 aliphatic rings. The van der Waals surface area contributed by atoms with Gasteiger partial charge in [0.25, 0.3) is 0 Å². The van der Waals surface area contributed by atoms with E-state index in [1.165, 1.54) is 12.1 Å². The fourth-order valence-electron chi connectivity index (χ4n) is 1.55. The van der Waals surface area contributed by atoms with Gasteiger partial charge in [0.05, 0.1) is 12.6 Å². The van der Waals surface area contributed by atoms with Crippen LogP contribution in [0.4, 0.5) is 4.39 Å². The van der Waals surface area contributed by atoms with Crippen molar-refractivity contribution in [3.8, 4) is 0 Å². The summed E-state index contributed by atoms with van der Waals surface area (Å²) < 4.78 is 24.4. The van der Waals surface area contributed by atoms with Crippen LogP contribution in [-0.2, 0) is 15.6 Å². The van der Waals surface area contributed by atoms with E-state index < -0.39 is 16.0 Å². The molecule has 1 rings (SSSR count). The summed E-state index contributed by atoms with van der Waals surface area (Å²) >= 11 is 0. The van der Waals surface area contributed by atoms with Gasteiger partial charge in [-0.25, -0.2) is 4.39 Å². The highest BCUT2D eigenvalue weighted by atomic mass is 32.2. The lowest BCUT2D eigenvalue weighted by Crippen LogP contribution is -2.38. The van der Waals surface area contributed by atoms with Crippen molar-refractivity contribution in [2.75, 3.05) is 12.4 Å². The Labute approximate surface area is 114 Å². The average Bonchev–Trinajstić information content (AvgIpc) is 2.38. The van der Waals surface area contributed by atoms with Crippen LogP contribution in [0.25, 0.3) is 0 Å². The lowest BCUT2D eigenvalue weighted by Gasteiger charge is -2.17. The highest BCUT2D eigenvalue weighted by Gasteiger charge is 2.21. The number of carbonyl (C=O) groups excluding carboxylic acids is 1. The zero-order valence-corrected chi connectivity index (χ0v) is 11.7. The smallest absolute Gasteiger partial charge is 0.235 e. The molecule has 3 atom stereocenters. The molecule has 1 aromatic carbocycles. The van der Waals surface area contributed by atoms with Gasteiger partial charge in [-0.1, -0.05) is 12.1 Å². The van der Waals surface area contributed by atoms with Crippen LogP contribution in [0.1, 0.15) is 25.5 Å². The van der Waals surface area contributed by atoms with Crippen molar-refractivity contribution in [2.24, 2.45) is 0 Å². The molecule has 0 aliphatic heterocycles. The number of aliphatic hydroxyl groups is 1. The first-order valence-corrected chi connectivity index (χ1v) is 7.37. The lowest BCUT2D eigenvalue weighted by molar-refractivity contribution is -0.121. The van der Waals surface area contributed by atoms with Crippen LogP contribution in [0.3, 0.4) is 0 Å². The zero-order valence-electron chi connectivity index (χ0n) is 10.9. The van der Waals surface area contributed by atoms with E-state index in [-0.39, 0.29) is 30.1 Å². The van der Waals surface area contributed by atoms with Crippen LogP contribution in [0.15, 0.2) is 24.3 Å². The molecule has 4 nitrogen and oxygen atoms in total. The zero-order chi connectivity index (χ0) is 14.4. The maximum absolute atomic E-state index is 12.8. The normalized spacial score (nSPS) is 15.6. The summed E-state index contributed by atoms with van der Waals surface area (Å²) in [6, 6.07) is 5.55. The molecule has 0 spiro atoms. The first kappa shape index (κ1) is 15.8. The molecule has 0 heterocycles. The van der Waals surface area contributed by atoms with Crippen molar-refractivity contribution in [2.45, 2.75) is 25.1 Å². The second-order valence-corrected chi connectivity index (χ2v) is 6.11. The summed E-state index contributed by atoms with van der Waals surface area (Å²) in [5.41, 5.74) is 0.773. The molecule has 19 heavy (non-hydrogen) atoms. The van der Waals surface area contributed by atoms with Crippen molar-refractivity contribution in [1.29, 1.82) is 0 Å². The van der Waals surface area contributed by atoms with E-state index in [1.54, 1.807) is 26.0 Å². The number of rotatable bonds is 6. The van der Waals surface area contributed by atoms with Gasteiger partial charge in [0.2, 0.25) is 5.91 Å². The third-order valence-corrected chi connectivity index (χ3v) is 4.37. The first-order valence-electron chi connectivity index (χ1n) is 5.99. The number of hydrogen-bond donors (Lipinski definition) is 2. The quantitative estimate of drug-likeness (QED) is 0.824. The number of hydrogen-bond acceptors (Lipinski definition) is 3.